The molecule has 0 saturated carbocycles. The minimum absolute atomic E-state index is 0.0270. The summed E-state index contributed by atoms with van der Waals surface area (Å²) >= 11 is 0. The Morgan fingerprint density at radius 3 is 2.34 bits per heavy atom. The Bertz CT molecular complexity index is 1280. The first-order chi connectivity index (χ1) is 16.7. The number of nitrogens with zero attached hydrogens (tertiary/aromatic N) is 1. The van der Waals surface area contributed by atoms with E-state index < -0.39 is 11.2 Å². The maximum Gasteiger partial charge on any atom is 0.410 e. The van der Waals surface area contributed by atoms with Crippen molar-refractivity contribution in [2.24, 2.45) is 0 Å². The number of ether oxygens (including phenoxy) is 3. The normalized spacial score (nSPS) is 21.7. The van der Waals surface area contributed by atoms with E-state index in [1.54, 1.807) is 13.2 Å². The van der Waals surface area contributed by atoms with Crippen molar-refractivity contribution >= 4 is 17.1 Å². The molecule has 2 bridgehead atoms. The quantitative estimate of drug-likeness (QED) is 0.444. The van der Waals surface area contributed by atoms with Crippen LogP contribution < -0.4 is 15.1 Å². The first kappa shape index (κ1) is 23.3. The van der Waals surface area contributed by atoms with Crippen molar-refractivity contribution in [2.45, 2.75) is 70.2 Å². The van der Waals surface area contributed by atoms with Crippen LogP contribution in [-0.4, -0.2) is 41.9 Å². The van der Waals surface area contributed by atoms with Crippen molar-refractivity contribution in [3.8, 4) is 22.6 Å². The van der Waals surface area contributed by atoms with Crippen molar-refractivity contribution in [2.75, 3.05) is 7.11 Å². The molecule has 7 nitrogen and oxygen atoms in total. The number of hydrogen-bond donors (Lipinski definition) is 0. The van der Waals surface area contributed by atoms with Crippen LogP contribution in [0.3, 0.4) is 0 Å². The number of amides is 1. The van der Waals surface area contributed by atoms with Crippen LogP contribution in [0.1, 0.15) is 46.5 Å². The highest BCUT2D eigenvalue weighted by molar-refractivity contribution is 5.91. The fraction of sp³-hybridized carbons (Fsp3) is 0.429. The molecule has 2 aromatic carbocycles. The molecule has 3 atom stereocenters. The minimum Gasteiger partial charge on any atom is -0.495 e. The molecule has 3 aromatic rings. The average Bonchev–Trinajstić information content (AvgIpc) is 3.08. The summed E-state index contributed by atoms with van der Waals surface area (Å²) in [5.41, 5.74) is 0.591. The first-order valence-electron chi connectivity index (χ1n) is 12.1. The van der Waals surface area contributed by atoms with Crippen LogP contribution in [0.25, 0.3) is 22.1 Å². The predicted octanol–water partition coefficient (Wildman–Crippen LogP) is 5.78. The van der Waals surface area contributed by atoms with Gasteiger partial charge in [0.15, 0.2) is 0 Å². The smallest absolute Gasteiger partial charge is 0.410 e. The van der Waals surface area contributed by atoms with Gasteiger partial charge in [0, 0.05) is 31.0 Å². The Hall–Kier alpha value is -3.48. The zero-order chi connectivity index (χ0) is 24.7. The highest BCUT2D eigenvalue weighted by Gasteiger charge is 2.45. The Labute approximate surface area is 204 Å². The van der Waals surface area contributed by atoms with E-state index >= 15 is 0 Å². The van der Waals surface area contributed by atoms with E-state index in [4.69, 9.17) is 18.6 Å². The molecule has 2 aliphatic rings. The molecule has 0 spiro atoms. The van der Waals surface area contributed by atoms with E-state index in [0.717, 1.165) is 31.2 Å². The Morgan fingerprint density at radius 1 is 1.03 bits per heavy atom. The van der Waals surface area contributed by atoms with Gasteiger partial charge < -0.3 is 23.5 Å². The third-order valence-corrected chi connectivity index (χ3v) is 6.70. The predicted molar refractivity (Wildman–Crippen MR) is 133 cm³/mol. The van der Waals surface area contributed by atoms with Crippen molar-refractivity contribution in [1.29, 1.82) is 0 Å². The maximum atomic E-state index is 12.9. The largest absolute Gasteiger partial charge is 0.495 e. The van der Waals surface area contributed by atoms with Crippen molar-refractivity contribution in [3.63, 3.8) is 0 Å². The highest BCUT2D eigenvalue weighted by atomic mass is 16.6. The zero-order valence-electron chi connectivity index (χ0n) is 20.6. The molecule has 35 heavy (non-hydrogen) atoms. The van der Waals surface area contributed by atoms with Gasteiger partial charge in [-0.05, 0) is 51.3 Å². The number of piperidine rings is 1. The summed E-state index contributed by atoms with van der Waals surface area (Å²) < 4.78 is 23.3. The molecule has 1 amide bonds. The minimum atomic E-state index is -0.514. The van der Waals surface area contributed by atoms with Crippen molar-refractivity contribution in [1.82, 2.24) is 4.90 Å². The molecule has 1 aromatic heterocycles. The molecule has 7 heteroatoms. The fourth-order valence-corrected chi connectivity index (χ4v) is 5.32. The van der Waals surface area contributed by atoms with E-state index in [0.29, 0.717) is 28.0 Å². The molecule has 0 aliphatic carbocycles. The molecule has 184 valence electrons. The van der Waals surface area contributed by atoms with E-state index in [2.05, 4.69) is 0 Å². The second kappa shape index (κ2) is 8.95. The highest BCUT2D eigenvalue weighted by Crippen LogP contribution is 2.39. The van der Waals surface area contributed by atoms with Crippen LogP contribution >= 0.6 is 0 Å². The lowest BCUT2D eigenvalue weighted by Crippen LogP contribution is -2.50. The standard InChI is InChI=1S/C28H31NO6/c1-28(2,3)35-27(31)29-18-10-11-19(29)15-21(14-18)33-20-12-13-22-23(16-20)34-26(30)24(25(22)32-4)17-8-6-5-7-9-17/h5-9,12-13,16,18-19,21H,10-11,14-15H2,1-4H3/t18-,19+,21-. The van der Waals surface area contributed by atoms with E-state index in [9.17, 15) is 9.59 Å². The van der Waals surface area contributed by atoms with Gasteiger partial charge in [0.1, 0.15) is 34.4 Å². The maximum absolute atomic E-state index is 12.9. The fourth-order valence-electron chi connectivity index (χ4n) is 5.32. The van der Waals surface area contributed by atoms with Crippen LogP contribution in [0.5, 0.6) is 11.5 Å². The number of carbonyl (C=O) groups is 1. The molecule has 0 unspecified atom stereocenters. The molecule has 0 radical (unpaired) electrons. The number of fused-ring (bicyclic) bond motifs is 3. The molecule has 5 rings (SSSR count). The van der Waals surface area contributed by atoms with Gasteiger partial charge in [0.2, 0.25) is 0 Å². The summed E-state index contributed by atoms with van der Waals surface area (Å²) in [6, 6.07) is 15.1. The molecule has 2 saturated heterocycles. The van der Waals surface area contributed by atoms with Crippen LogP contribution in [0.2, 0.25) is 0 Å². The number of benzene rings is 2. The van der Waals surface area contributed by atoms with Gasteiger partial charge in [0.25, 0.3) is 0 Å². The summed E-state index contributed by atoms with van der Waals surface area (Å²) in [4.78, 5) is 27.5. The van der Waals surface area contributed by atoms with Crippen LogP contribution in [-0.2, 0) is 4.74 Å². The van der Waals surface area contributed by atoms with Gasteiger partial charge >= 0.3 is 11.7 Å². The monoisotopic (exact) mass is 477 g/mol. The number of rotatable bonds is 4. The van der Waals surface area contributed by atoms with Gasteiger partial charge in [-0.1, -0.05) is 30.3 Å². The Balaban J connectivity index is 1.37. The van der Waals surface area contributed by atoms with Crippen LogP contribution in [0.15, 0.2) is 57.7 Å². The van der Waals surface area contributed by atoms with Gasteiger partial charge in [-0.15, -0.1) is 0 Å². The topological polar surface area (TPSA) is 78.2 Å². The Kier molecular flexibility index (Phi) is 5.95. The second-order valence-electron chi connectivity index (χ2n) is 10.3. The summed E-state index contributed by atoms with van der Waals surface area (Å²) in [7, 11) is 1.55. The van der Waals surface area contributed by atoms with Crippen LogP contribution in [0, 0.1) is 0 Å². The lowest BCUT2D eigenvalue weighted by Gasteiger charge is -2.39. The van der Waals surface area contributed by atoms with E-state index in [1.807, 2.05) is 68.1 Å². The van der Waals surface area contributed by atoms with E-state index in [-0.39, 0.29) is 24.3 Å². The third kappa shape index (κ3) is 4.59. The van der Waals surface area contributed by atoms with Gasteiger partial charge in [-0.2, -0.15) is 0 Å². The van der Waals surface area contributed by atoms with Gasteiger partial charge in [0.05, 0.1) is 12.5 Å². The molecule has 0 N–H and O–H groups in total. The lowest BCUT2D eigenvalue weighted by atomic mass is 10.00. The number of methoxy groups -OCH3 is 1. The SMILES string of the molecule is COc1c(-c2ccccc2)c(=O)oc2cc(O[C@@H]3C[C@H]4CC[C@@H](C3)N4C(=O)OC(C)(C)C)ccc12. The van der Waals surface area contributed by atoms with Crippen molar-refractivity contribution < 1.29 is 23.4 Å². The molecule has 3 heterocycles. The summed E-state index contributed by atoms with van der Waals surface area (Å²) in [5, 5.41) is 0.707. The Morgan fingerprint density at radius 2 is 1.71 bits per heavy atom. The summed E-state index contributed by atoms with van der Waals surface area (Å²) in [5.74, 6) is 1.11. The van der Waals surface area contributed by atoms with Gasteiger partial charge in [-0.3, -0.25) is 0 Å². The molecule has 2 aliphatic heterocycles. The van der Waals surface area contributed by atoms with E-state index in [1.165, 1.54) is 0 Å². The third-order valence-electron chi connectivity index (χ3n) is 6.70. The summed E-state index contributed by atoms with van der Waals surface area (Å²) in [6.07, 6.45) is 3.13. The number of carbonyl (C=O) groups excluding carboxylic acids is 1. The molecular weight excluding hydrogens is 446 g/mol. The van der Waals surface area contributed by atoms with Gasteiger partial charge in [-0.25, -0.2) is 9.59 Å². The first-order valence-corrected chi connectivity index (χ1v) is 12.1. The average molecular weight is 478 g/mol. The molecular formula is C28H31NO6. The second-order valence-corrected chi connectivity index (χ2v) is 10.3. The number of hydrogen-bond acceptors (Lipinski definition) is 6. The zero-order valence-corrected chi connectivity index (χ0v) is 20.6. The van der Waals surface area contributed by atoms with Crippen LogP contribution in [0.4, 0.5) is 4.79 Å². The molecule has 2 fully saturated rings. The van der Waals surface area contributed by atoms with Crippen molar-refractivity contribution in [3.05, 3.63) is 59.0 Å². The summed E-state index contributed by atoms with van der Waals surface area (Å²) in [6.45, 7) is 5.66. The lowest BCUT2D eigenvalue weighted by molar-refractivity contribution is -0.00706.